The average molecular weight is 352 g/mol. The average Bonchev–Trinajstić information content (AvgIpc) is 2.97. The van der Waals surface area contributed by atoms with Crippen LogP contribution in [0.5, 0.6) is 11.5 Å². The van der Waals surface area contributed by atoms with E-state index in [1.54, 1.807) is 12.1 Å². The van der Waals surface area contributed by atoms with E-state index in [-0.39, 0.29) is 11.5 Å². The van der Waals surface area contributed by atoms with E-state index in [0.717, 1.165) is 24.2 Å². The van der Waals surface area contributed by atoms with Crippen LogP contribution in [-0.4, -0.2) is 37.2 Å². The summed E-state index contributed by atoms with van der Waals surface area (Å²) in [5.74, 6) is 0.875. The van der Waals surface area contributed by atoms with E-state index in [1.807, 2.05) is 37.3 Å². The quantitative estimate of drug-likeness (QED) is 0.826. The summed E-state index contributed by atoms with van der Waals surface area (Å²) in [7, 11) is 0. The maximum Gasteiger partial charge on any atom is 0.232 e. The van der Waals surface area contributed by atoms with Crippen LogP contribution in [0.1, 0.15) is 27.0 Å². The van der Waals surface area contributed by atoms with Crippen LogP contribution in [0.25, 0.3) is 6.08 Å². The number of phenolic OH excluding ortho intramolecular Hbond substituents is 1. The third kappa shape index (κ3) is 3.11. The van der Waals surface area contributed by atoms with Crippen molar-refractivity contribution in [2.24, 2.45) is 0 Å². The highest BCUT2D eigenvalue weighted by atomic mass is 16.5. The molecule has 0 amide bonds. The Morgan fingerprint density at radius 3 is 2.65 bits per heavy atom. The molecular formula is C21H22NO4+. The largest absolute Gasteiger partial charge is 0.507 e. The minimum absolute atomic E-state index is 0.125. The molecule has 1 fully saturated rings. The number of carbonyl (C=O) groups is 1. The number of fused-ring (bicyclic) bond motifs is 1. The number of morpholine rings is 1. The number of benzene rings is 2. The molecule has 0 atom stereocenters. The molecule has 5 heteroatoms. The number of ether oxygens (including phenoxy) is 2. The summed E-state index contributed by atoms with van der Waals surface area (Å²) >= 11 is 0. The van der Waals surface area contributed by atoms with Crippen LogP contribution in [0.4, 0.5) is 0 Å². The Morgan fingerprint density at radius 1 is 1.19 bits per heavy atom. The molecule has 2 aliphatic rings. The molecule has 1 saturated heterocycles. The van der Waals surface area contributed by atoms with Crippen molar-refractivity contribution in [2.45, 2.75) is 13.5 Å². The SMILES string of the molecule is Cc1cc(O)c(C[NH+]2CCOCC2)c2c1C(=O)/C(=C/c1ccccc1)O2. The molecule has 2 aromatic rings. The Hall–Kier alpha value is -2.63. The molecule has 26 heavy (non-hydrogen) atoms. The fourth-order valence-electron chi connectivity index (χ4n) is 3.54. The highest BCUT2D eigenvalue weighted by Crippen LogP contribution is 2.41. The van der Waals surface area contributed by atoms with Gasteiger partial charge in [-0.15, -0.1) is 0 Å². The van der Waals surface area contributed by atoms with Gasteiger partial charge in [0.25, 0.3) is 0 Å². The molecule has 2 aliphatic heterocycles. The minimum Gasteiger partial charge on any atom is -0.507 e. The smallest absolute Gasteiger partial charge is 0.232 e. The molecule has 0 spiro atoms. The van der Waals surface area contributed by atoms with Gasteiger partial charge >= 0.3 is 0 Å². The molecule has 0 radical (unpaired) electrons. The monoisotopic (exact) mass is 352 g/mol. The lowest BCUT2D eigenvalue weighted by atomic mass is 9.99. The van der Waals surface area contributed by atoms with Crippen LogP contribution in [0.2, 0.25) is 0 Å². The summed E-state index contributed by atoms with van der Waals surface area (Å²) in [4.78, 5) is 14.2. The van der Waals surface area contributed by atoms with Crippen molar-refractivity contribution in [1.29, 1.82) is 0 Å². The second-order valence-electron chi connectivity index (χ2n) is 6.78. The summed E-state index contributed by atoms with van der Waals surface area (Å²) in [5.41, 5.74) is 2.91. The number of hydrogen-bond donors (Lipinski definition) is 2. The first-order chi connectivity index (χ1) is 12.6. The number of carbonyl (C=O) groups excluding carboxylic acids is 1. The van der Waals surface area contributed by atoms with E-state index in [4.69, 9.17) is 9.47 Å². The third-order valence-electron chi connectivity index (χ3n) is 4.94. The van der Waals surface area contributed by atoms with Crippen LogP contribution in [-0.2, 0) is 11.3 Å². The summed E-state index contributed by atoms with van der Waals surface area (Å²) in [6.45, 7) is 5.62. The van der Waals surface area contributed by atoms with Gasteiger partial charge in [-0.05, 0) is 30.2 Å². The Morgan fingerprint density at radius 2 is 1.92 bits per heavy atom. The van der Waals surface area contributed by atoms with Crippen molar-refractivity contribution in [3.8, 4) is 11.5 Å². The molecule has 2 N–H and O–H groups in total. The Balaban J connectivity index is 1.71. The lowest BCUT2D eigenvalue weighted by molar-refractivity contribution is -0.921. The number of quaternary nitrogens is 1. The van der Waals surface area contributed by atoms with Crippen molar-refractivity contribution in [2.75, 3.05) is 26.3 Å². The number of aryl methyl sites for hydroxylation is 1. The van der Waals surface area contributed by atoms with Crippen molar-refractivity contribution in [3.63, 3.8) is 0 Å². The van der Waals surface area contributed by atoms with E-state index >= 15 is 0 Å². The lowest BCUT2D eigenvalue weighted by Crippen LogP contribution is -3.12. The summed E-state index contributed by atoms with van der Waals surface area (Å²) in [6, 6.07) is 11.3. The van der Waals surface area contributed by atoms with Crippen LogP contribution in [0.3, 0.4) is 0 Å². The zero-order valence-corrected chi connectivity index (χ0v) is 14.7. The fraction of sp³-hybridized carbons (Fsp3) is 0.286. The van der Waals surface area contributed by atoms with Gasteiger partial charge in [0.15, 0.2) is 11.5 Å². The molecule has 0 aliphatic carbocycles. The summed E-state index contributed by atoms with van der Waals surface area (Å²) < 4.78 is 11.4. The van der Waals surface area contributed by atoms with Gasteiger partial charge in [-0.2, -0.15) is 0 Å². The molecule has 0 unspecified atom stereocenters. The van der Waals surface area contributed by atoms with Crippen LogP contribution in [0.15, 0.2) is 42.2 Å². The van der Waals surface area contributed by atoms with Gasteiger partial charge in [0.05, 0.1) is 24.3 Å². The van der Waals surface area contributed by atoms with Crippen LogP contribution < -0.4 is 9.64 Å². The minimum atomic E-state index is -0.125. The highest BCUT2D eigenvalue weighted by molar-refractivity contribution is 6.15. The zero-order chi connectivity index (χ0) is 18.1. The van der Waals surface area contributed by atoms with Crippen LogP contribution >= 0.6 is 0 Å². The third-order valence-corrected chi connectivity index (χ3v) is 4.94. The number of Topliss-reactive ketones (excluding diaryl/α,β-unsaturated/α-hetero) is 1. The maximum atomic E-state index is 12.9. The first-order valence-corrected chi connectivity index (χ1v) is 8.89. The molecule has 2 heterocycles. The number of allylic oxidation sites excluding steroid dienone is 1. The standard InChI is InChI=1S/C21H21NO4/c1-14-11-17(23)16(13-22-7-9-25-10-8-22)21-19(14)20(24)18(26-21)12-15-5-3-2-4-6-15/h2-6,11-12,23H,7-10,13H2,1H3/p+1/b18-12-. The molecule has 5 nitrogen and oxygen atoms in total. The number of rotatable bonds is 3. The number of nitrogens with one attached hydrogen (secondary N) is 1. The molecular weight excluding hydrogens is 330 g/mol. The van der Waals surface area contributed by atoms with Gasteiger partial charge in [-0.3, -0.25) is 4.79 Å². The van der Waals surface area contributed by atoms with Gasteiger partial charge < -0.3 is 19.5 Å². The van der Waals surface area contributed by atoms with E-state index in [1.165, 1.54) is 4.90 Å². The second-order valence-corrected chi connectivity index (χ2v) is 6.78. The number of hydrogen-bond acceptors (Lipinski definition) is 4. The van der Waals surface area contributed by atoms with Gasteiger partial charge in [-0.1, -0.05) is 30.3 Å². The molecule has 134 valence electrons. The Bertz CT molecular complexity index is 867. The first kappa shape index (κ1) is 16.8. The first-order valence-electron chi connectivity index (χ1n) is 8.89. The van der Waals surface area contributed by atoms with Gasteiger partial charge in [0.2, 0.25) is 5.78 Å². The molecule has 0 bridgehead atoms. The predicted octanol–water partition coefficient (Wildman–Crippen LogP) is 1.73. The normalized spacial score (nSPS) is 18.8. The maximum absolute atomic E-state index is 12.9. The molecule has 0 aromatic heterocycles. The predicted molar refractivity (Wildman–Crippen MR) is 97.4 cm³/mol. The Kier molecular flexibility index (Phi) is 4.49. The second kappa shape index (κ2) is 6.94. The summed E-state index contributed by atoms with van der Waals surface area (Å²) in [6.07, 6.45) is 1.75. The summed E-state index contributed by atoms with van der Waals surface area (Å²) in [5, 5.41) is 10.5. The van der Waals surface area contributed by atoms with Crippen molar-refractivity contribution < 1.29 is 24.3 Å². The van der Waals surface area contributed by atoms with Crippen molar-refractivity contribution in [1.82, 2.24) is 0 Å². The van der Waals surface area contributed by atoms with Gasteiger partial charge in [0, 0.05) is 0 Å². The Labute approximate surface area is 152 Å². The molecule has 2 aromatic carbocycles. The van der Waals surface area contributed by atoms with E-state index in [2.05, 4.69) is 0 Å². The fourth-order valence-corrected chi connectivity index (χ4v) is 3.54. The van der Waals surface area contributed by atoms with E-state index in [9.17, 15) is 9.90 Å². The van der Waals surface area contributed by atoms with E-state index < -0.39 is 0 Å². The molecule has 4 rings (SSSR count). The topological polar surface area (TPSA) is 60.2 Å². The number of aromatic hydroxyl groups is 1. The number of phenols is 1. The molecule has 0 saturated carbocycles. The van der Waals surface area contributed by atoms with E-state index in [0.29, 0.717) is 42.4 Å². The lowest BCUT2D eigenvalue weighted by Gasteiger charge is -2.24. The zero-order valence-electron chi connectivity index (χ0n) is 14.7. The number of ketones is 1. The van der Waals surface area contributed by atoms with Crippen molar-refractivity contribution >= 4 is 11.9 Å². The van der Waals surface area contributed by atoms with Crippen LogP contribution in [0, 0.1) is 6.92 Å². The highest BCUT2D eigenvalue weighted by Gasteiger charge is 2.34. The van der Waals surface area contributed by atoms with Gasteiger partial charge in [0.1, 0.15) is 25.4 Å². The van der Waals surface area contributed by atoms with Crippen molar-refractivity contribution in [3.05, 3.63) is 64.4 Å². The van der Waals surface area contributed by atoms with Gasteiger partial charge in [-0.25, -0.2) is 0 Å².